The van der Waals surface area contributed by atoms with Crippen molar-refractivity contribution in [2.75, 3.05) is 0 Å². The van der Waals surface area contributed by atoms with Crippen molar-refractivity contribution in [2.45, 2.75) is 17.4 Å². The highest BCUT2D eigenvalue weighted by molar-refractivity contribution is 7.89. The molecule has 0 spiro atoms. The van der Waals surface area contributed by atoms with Gasteiger partial charge in [-0.3, -0.25) is 9.59 Å². The molecule has 10 heteroatoms. The van der Waals surface area contributed by atoms with Crippen molar-refractivity contribution in [3.05, 3.63) is 28.8 Å². The summed E-state index contributed by atoms with van der Waals surface area (Å²) in [6.45, 7) is 0. The van der Waals surface area contributed by atoms with Crippen molar-refractivity contribution in [2.24, 2.45) is 5.73 Å². The maximum absolute atomic E-state index is 12.1. The Kier molecular flexibility index (Phi) is 5.26. The summed E-state index contributed by atoms with van der Waals surface area (Å²) in [5.41, 5.74) is 5.00. The smallest absolute Gasteiger partial charge is 0.322 e. The van der Waals surface area contributed by atoms with Crippen molar-refractivity contribution < 1.29 is 23.1 Å². The fourth-order valence-corrected chi connectivity index (χ4v) is 3.15. The standard InChI is InChI=1S/C11H10ClN3O5S/c12-7-3-6(5-13)1-2-9(7)21(19,20)15-8(11(17)18)4-10(14)16/h1-3,8,15H,4H2,(H2,14,16)(H,17,18). The molecule has 0 aliphatic heterocycles. The van der Waals surface area contributed by atoms with Crippen LogP contribution < -0.4 is 10.5 Å². The van der Waals surface area contributed by atoms with Crippen LogP contribution in [-0.4, -0.2) is 31.4 Å². The highest BCUT2D eigenvalue weighted by Crippen LogP contribution is 2.22. The van der Waals surface area contributed by atoms with Gasteiger partial charge in [-0.15, -0.1) is 0 Å². The van der Waals surface area contributed by atoms with E-state index in [9.17, 15) is 18.0 Å². The van der Waals surface area contributed by atoms with E-state index in [2.05, 4.69) is 0 Å². The maximum atomic E-state index is 12.1. The summed E-state index contributed by atoms with van der Waals surface area (Å²) in [4.78, 5) is 21.3. The summed E-state index contributed by atoms with van der Waals surface area (Å²) in [5.74, 6) is -2.53. The third kappa shape index (κ3) is 4.42. The minimum atomic E-state index is -4.29. The summed E-state index contributed by atoms with van der Waals surface area (Å²) < 4.78 is 25.9. The quantitative estimate of drug-likeness (QED) is 0.657. The summed E-state index contributed by atoms with van der Waals surface area (Å²) in [6, 6.07) is 3.47. The number of carboxylic acids is 1. The number of sulfonamides is 1. The molecule has 0 heterocycles. The zero-order valence-corrected chi connectivity index (χ0v) is 12.0. The van der Waals surface area contributed by atoms with E-state index in [1.54, 1.807) is 6.07 Å². The second-order valence-corrected chi connectivity index (χ2v) is 6.03. The van der Waals surface area contributed by atoms with Crippen LogP contribution in [0.1, 0.15) is 12.0 Å². The lowest BCUT2D eigenvalue weighted by Crippen LogP contribution is -2.43. The second-order valence-electron chi connectivity index (χ2n) is 3.94. The predicted octanol–water partition coefficient (Wildman–Crippen LogP) is -0.181. The highest BCUT2D eigenvalue weighted by Gasteiger charge is 2.28. The molecule has 1 atom stereocenters. The van der Waals surface area contributed by atoms with Crippen molar-refractivity contribution in [3.8, 4) is 6.07 Å². The molecule has 4 N–H and O–H groups in total. The predicted molar refractivity (Wildman–Crippen MR) is 71.7 cm³/mol. The van der Waals surface area contributed by atoms with E-state index >= 15 is 0 Å². The van der Waals surface area contributed by atoms with E-state index in [-0.39, 0.29) is 10.6 Å². The van der Waals surface area contributed by atoms with Crippen molar-refractivity contribution in [1.29, 1.82) is 5.26 Å². The van der Waals surface area contributed by atoms with E-state index in [0.29, 0.717) is 0 Å². The number of benzene rings is 1. The van der Waals surface area contributed by atoms with E-state index in [1.807, 2.05) is 4.72 Å². The third-order valence-electron chi connectivity index (χ3n) is 2.35. The molecule has 0 aromatic heterocycles. The number of nitriles is 1. The first-order chi connectivity index (χ1) is 9.67. The molecule has 1 amide bonds. The number of halogens is 1. The average Bonchev–Trinajstić information content (AvgIpc) is 2.36. The van der Waals surface area contributed by atoms with Crippen LogP contribution >= 0.6 is 11.6 Å². The van der Waals surface area contributed by atoms with Gasteiger partial charge in [-0.25, -0.2) is 8.42 Å². The second kappa shape index (κ2) is 6.53. The van der Waals surface area contributed by atoms with Crippen molar-refractivity contribution >= 4 is 33.5 Å². The number of nitrogens with two attached hydrogens (primary N) is 1. The summed E-state index contributed by atoms with van der Waals surface area (Å²) in [5, 5.41) is 17.3. The molecule has 0 aliphatic carbocycles. The Morgan fingerprint density at radius 3 is 2.52 bits per heavy atom. The Morgan fingerprint density at radius 1 is 1.48 bits per heavy atom. The first-order valence-electron chi connectivity index (χ1n) is 5.40. The van der Waals surface area contributed by atoms with Gasteiger partial charge in [0.1, 0.15) is 10.9 Å². The molecular formula is C11H10ClN3O5S. The van der Waals surface area contributed by atoms with Crippen LogP contribution in [0.5, 0.6) is 0 Å². The minimum Gasteiger partial charge on any atom is -0.480 e. The number of nitrogens with one attached hydrogen (secondary N) is 1. The number of primary amides is 1. The lowest BCUT2D eigenvalue weighted by Gasteiger charge is -2.14. The number of rotatable bonds is 6. The number of carbonyl (C=O) groups is 2. The molecule has 0 aliphatic rings. The number of carboxylic acid groups (broad SMARTS) is 1. The monoisotopic (exact) mass is 331 g/mol. The molecule has 0 bridgehead atoms. The van der Waals surface area contributed by atoms with E-state index in [0.717, 1.165) is 12.1 Å². The number of nitrogens with zero attached hydrogens (tertiary/aromatic N) is 1. The van der Waals surface area contributed by atoms with Crippen LogP contribution in [0.25, 0.3) is 0 Å². The zero-order valence-electron chi connectivity index (χ0n) is 10.4. The molecule has 1 unspecified atom stereocenters. The molecule has 21 heavy (non-hydrogen) atoms. The summed E-state index contributed by atoms with van der Waals surface area (Å²) >= 11 is 5.75. The molecule has 0 saturated heterocycles. The van der Waals surface area contributed by atoms with Crippen molar-refractivity contribution in [1.82, 2.24) is 4.72 Å². The minimum absolute atomic E-state index is 0.144. The van der Waals surface area contributed by atoms with Gasteiger partial charge in [-0.05, 0) is 18.2 Å². The number of aliphatic carboxylic acids is 1. The summed E-state index contributed by atoms with van der Waals surface area (Å²) in [7, 11) is -4.29. The van der Waals surface area contributed by atoms with Gasteiger partial charge in [0, 0.05) is 0 Å². The number of amides is 1. The Bertz CT molecular complexity index is 726. The lowest BCUT2D eigenvalue weighted by molar-refractivity contribution is -0.140. The Hall–Kier alpha value is -2.15. The van der Waals surface area contributed by atoms with Crippen LogP contribution in [0.3, 0.4) is 0 Å². The molecule has 0 radical (unpaired) electrons. The molecule has 8 nitrogen and oxygen atoms in total. The fourth-order valence-electron chi connectivity index (χ4n) is 1.42. The SMILES string of the molecule is N#Cc1ccc(S(=O)(=O)NC(CC(N)=O)C(=O)O)c(Cl)c1. The van der Waals surface area contributed by atoms with Gasteiger partial charge in [0.15, 0.2) is 0 Å². The molecule has 1 aromatic carbocycles. The number of carbonyl (C=O) groups excluding carboxylic acids is 1. The largest absolute Gasteiger partial charge is 0.480 e. The Balaban J connectivity index is 3.13. The Morgan fingerprint density at radius 2 is 2.10 bits per heavy atom. The maximum Gasteiger partial charge on any atom is 0.322 e. The molecule has 112 valence electrons. The van der Waals surface area contributed by atoms with E-state index in [4.69, 9.17) is 27.7 Å². The van der Waals surface area contributed by atoms with Crippen LogP contribution in [0, 0.1) is 11.3 Å². The van der Waals surface area contributed by atoms with Crippen LogP contribution in [0.2, 0.25) is 5.02 Å². The first-order valence-corrected chi connectivity index (χ1v) is 7.26. The van der Waals surface area contributed by atoms with Crippen LogP contribution in [-0.2, 0) is 19.6 Å². The lowest BCUT2D eigenvalue weighted by atomic mass is 10.2. The summed E-state index contributed by atoms with van der Waals surface area (Å²) in [6.07, 6.45) is -0.706. The molecule has 0 saturated carbocycles. The fraction of sp³-hybridized carbons (Fsp3) is 0.182. The molecule has 1 aromatic rings. The van der Waals surface area contributed by atoms with Gasteiger partial charge in [0.25, 0.3) is 0 Å². The zero-order chi connectivity index (χ0) is 16.2. The molecular weight excluding hydrogens is 322 g/mol. The first kappa shape index (κ1) is 16.9. The van der Waals surface area contributed by atoms with E-state index < -0.39 is 39.3 Å². The average molecular weight is 332 g/mol. The van der Waals surface area contributed by atoms with E-state index in [1.165, 1.54) is 6.07 Å². The normalized spacial score (nSPS) is 12.4. The third-order valence-corrected chi connectivity index (χ3v) is 4.31. The van der Waals surface area contributed by atoms with Gasteiger partial charge in [-0.1, -0.05) is 11.6 Å². The Labute approximate surface area is 125 Å². The topological polar surface area (TPSA) is 150 Å². The molecule has 0 fully saturated rings. The van der Waals surface area contributed by atoms with Crippen LogP contribution in [0.4, 0.5) is 0 Å². The number of hydrogen-bond acceptors (Lipinski definition) is 5. The molecule has 1 rings (SSSR count). The number of hydrogen-bond donors (Lipinski definition) is 3. The van der Waals surface area contributed by atoms with Gasteiger partial charge < -0.3 is 10.8 Å². The van der Waals surface area contributed by atoms with Gasteiger partial charge in [0.2, 0.25) is 15.9 Å². The van der Waals surface area contributed by atoms with Gasteiger partial charge in [-0.2, -0.15) is 9.98 Å². The van der Waals surface area contributed by atoms with Crippen molar-refractivity contribution in [3.63, 3.8) is 0 Å². The van der Waals surface area contributed by atoms with Gasteiger partial charge in [0.05, 0.1) is 23.1 Å². The highest BCUT2D eigenvalue weighted by atomic mass is 35.5. The van der Waals surface area contributed by atoms with Crippen LogP contribution in [0.15, 0.2) is 23.1 Å². The van der Waals surface area contributed by atoms with Gasteiger partial charge >= 0.3 is 5.97 Å².